The summed E-state index contributed by atoms with van der Waals surface area (Å²) >= 11 is 4.87. The van der Waals surface area contributed by atoms with E-state index in [-0.39, 0.29) is 5.91 Å². The van der Waals surface area contributed by atoms with Crippen LogP contribution in [0.2, 0.25) is 0 Å². The van der Waals surface area contributed by atoms with Gasteiger partial charge in [-0.1, -0.05) is 88.7 Å². The first-order valence-corrected chi connectivity index (χ1v) is 13.6. The Balaban J connectivity index is 1.31. The van der Waals surface area contributed by atoms with E-state index in [1.807, 2.05) is 103 Å². The molecule has 0 saturated carbocycles. The lowest BCUT2D eigenvalue weighted by Crippen LogP contribution is -2.31. The Morgan fingerprint density at radius 3 is 2.19 bits per heavy atom. The number of halogens is 1. The third-order valence-corrected chi connectivity index (χ3v) is 7.37. The number of rotatable bonds is 8. The van der Waals surface area contributed by atoms with Crippen LogP contribution in [0.3, 0.4) is 0 Å². The molecule has 184 valence electrons. The fraction of sp³-hybridized carbons (Fsp3) is 0.0968. The van der Waals surface area contributed by atoms with Crippen LogP contribution < -0.4 is 4.74 Å². The molecule has 1 heterocycles. The highest BCUT2D eigenvalue weighted by Crippen LogP contribution is 2.34. The van der Waals surface area contributed by atoms with Gasteiger partial charge in [-0.25, -0.2) is 4.99 Å². The van der Waals surface area contributed by atoms with Gasteiger partial charge < -0.3 is 4.74 Å². The van der Waals surface area contributed by atoms with Crippen molar-refractivity contribution in [2.75, 3.05) is 6.54 Å². The number of thioether (sulfide) groups is 1. The van der Waals surface area contributed by atoms with E-state index < -0.39 is 0 Å². The maximum absolute atomic E-state index is 13.4. The van der Waals surface area contributed by atoms with Crippen molar-refractivity contribution in [1.82, 2.24) is 4.90 Å². The number of carbonyl (C=O) groups excluding carboxylic acids is 1. The monoisotopic (exact) mass is 568 g/mol. The predicted molar refractivity (Wildman–Crippen MR) is 156 cm³/mol. The third kappa shape index (κ3) is 6.79. The van der Waals surface area contributed by atoms with Crippen molar-refractivity contribution in [1.29, 1.82) is 0 Å². The van der Waals surface area contributed by atoms with Gasteiger partial charge in [0.05, 0.1) is 10.6 Å². The number of ether oxygens (including phenoxy) is 1. The van der Waals surface area contributed by atoms with Crippen LogP contribution in [0.4, 0.5) is 5.69 Å². The van der Waals surface area contributed by atoms with Gasteiger partial charge in [-0.3, -0.25) is 9.69 Å². The number of carbonyl (C=O) groups is 1. The summed E-state index contributed by atoms with van der Waals surface area (Å²) in [6.07, 6.45) is 2.69. The molecule has 0 atom stereocenters. The van der Waals surface area contributed by atoms with E-state index in [9.17, 15) is 4.79 Å². The molecule has 0 aromatic heterocycles. The summed E-state index contributed by atoms with van der Waals surface area (Å²) in [5.74, 6) is 0.762. The highest BCUT2D eigenvalue weighted by atomic mass is 79.9. The number of para-hydroxylation sites is 1. The van der Waals surface area contributed by atoms with Crippen LogP contribution in [-0.2, 0) is 17.8 Å². The third-order valence-electron chi connectivity index (χ3n) is 5.83. The molecular weight excluding hydrogens is 544 g/mol. The standard InChI is InChI=1S/C31H25BrN2O2S/c32-26-15-11-25(12-16-26)22-36-28-17-13-24(14-18-28)21-29-30(35)34(20-19-23-7-3-1-4-8-23)31(37-29)33-27-9-5-2-6-10-27/h1-18,21H,19-20,22H2/b29-21+,33-31?. The molecule has 0 bridgehead atoms. The smallest absolute Gasteiger partial charge is 0.266 e. The highest BCUT2D eigenvalue weighted by Gasteiger charge is 2.33. The normalized spacial score (nSPS) is 15.5. The average molecular weight is 570 g/mol. The first kappa shape index (κ1) is 25.1. The van der Waals surface area contributed by atoms with Gasteiger partial charge in [-0.2, -0.15) is 0 Å². The molecule has 1 aliphatic rings. The molecule has 0 unspecified atom stereocenters. The summed E-state index contributed by atoms with van der Waals surface area (Å²) in [7, 11) is 0. The van der Waals surface area contributed by atoms with Crippen LogP contribution in [-0.4, -0.2) is 22.5 Å². The van der Waals surface area contributed by atoms with E-state index in [1.165, 1.54) is 17.3 Å². The van der Waals surface area contributed by atoms with Crippen LogP contribution >= 0.6 is 27.7 Å². The second-order valence-corrected chi connectivity index (χ2v) is 10.4. The molecule has 0 N–H and O–H groups in total. The Kier molecular flexibility index (Phi) is 8.18. The van der Waals surface area contributed by atoms with Crippen molar-refractivity contribution in [3.05, 3.63) is 135 Å². The quantitative estimate of drug-likeness (QED) is 0.203. The van der Waals surface area contributed by atoms with Crippen LogP contribution in [0.1, 0.15) is 16.7 Å². The Morgan fingerprint density at radius 1 is 0.811 bits per heavy atom. The second kappa shape index (κ2) is 12.1. The Morgan fingerprint density at radius 2 is 1.49 bits per heavy atom. The second-order valence-electron chi connectivity index (χ2n) is 8.52. The number of benzene rings is 4. The number of amides is 1. The first-order chi connectivity index (χ1) is 18.1. The maximum Gasteiger partial charge on any atom is 0.266 e. The minimum Gasteiger partial charge on any atom is -0.489 e. The molecule has 37 heavy (non-hydrogen) atoms. The minimum atomic E-state index is -0.0221. The van der Waals surface area contributed by atoms with Gasteiger partial charge in [0.15, 0.2) is 5.17 Å². The molecule has 1 aliphatic heterocycles. The number of hydrogen-bond donors (Lipinski definition) is 0. The van der Waals surface area contributed by atoms with E-state index in [2.05, 4.69) is 28.1 Å². The number of nitrogens with zero attached hydrogens (tertiary/aromatic N) is 2. The fourth-order valence-electron chi connectivity index (χ4n) is 3.85. The van der Waals surface area contributed by atoms with Gasteiger partial charge in [0.2, 0.25) is 0 Å². The van der Waals surface area contributed by atoms with Gasteiger partial charge >= 0.3 is 0 Å². The predicted octanol–water partition coefficient (Wildman–Crippen LogP) is 7.87. The summed E-state index contributed by atoms with van der Waals surface area (Å²) in [5, 5.41) is 0.702. The number of aliphatic imine (C=N–C) groups is 1. The summed E-state index contributed by atoms with van der Waals surface area (Å²) in [6, 6.07) is 35.8. The summed E-state index contributed by atoms with van der Waals surface area (Å²) in [4.78, 5) is 20.6. The average Bonchev–Trinajstić information content (AvgIpc) is 3.22. The molecule has 4 aromatic carbocycles. The topological polar surface area (TPSA) is 41.9 Å². The van der Waals surface area contributed by atoms with Gasteiger partial charge in [0, 0.05) is 11.0 Å². The molecule has 1 saturated heterocycles. The SMILES string of the molecule is O=C1/C(=C\c2ccc(OCc3ccc(Br)cc3)cc2)SC(=Nc2ccccc2)N1CCc1ccccc1. The minimum absolute atomic E-state index is 0.0221. The van der Waals surface area contributed by atoms with Crippen LogP contribution in [0, 0.1) is 0 Å². The Bertz CT molecular complexity index is 1400. The first-order valence-electron chi connectivity index (χ1n) is 12.0. The molecule has 1 fully saturated rings. The molecule has 5 rings (SSSR count). The van der Waals surface area contributed by atoms with E-state index in [4.69, 9.17) is 9.73 Å². The van der Waals surface area contributed by atoms with Crippen LogP contribution in [0.5, 0.6) is 5.75 Å². The molecule has 6 heteroatoms. The number of hydrogen-bond acceptors (Lipinski definition) is 4. The van der Waals surface area contributed by atoms with Crippen molar-refractivity contribution in [2.24, 2.45) is 4.99 Å². The summed E-state index contributed by atoms with van der Waals surface area (Å²) in [6.45, 7) is 1.07. The lowest BCUT2D eigenvalue weighted by atomic mass is 10.1. The lowest BCUT2D eigenvalue weighted by molar-refractivity contribution is -0.122. The molecule has 0 radical (unpaired) electrons. The maximum atomic E-state index is 13.4. The van der Waals surface area contributed by atoms with Gasteiger partial charge in [0.25, 0.3) is 5.91 Å². The van der Waals surface area contributed by atoms with Crippen molar-refractivity contribution < 1.29 is 9.53 Å². The summed E-state index contributed by atoms with van der Waals surface area (Å²) in [5.41, 5.74) is 4.06. The van der Waals surface area contributed by atoms with Gasteiger partial charge in [0.1, 0.15) is 12.4 Å². The van der Waals surface area contributed by atoms with E-state index in [1.54, 1.807) is 4.90 Å². The zero-order chi connectivity index (χ0) is 25.5. The van der Waals surface area contributed by atoms with Gasteiger partial charge in [-0.15, -0.1) is 0 Å². The van der Waals surface area contributed by atoms with Crippen molar-refractivity contribution in [3.8, 4) is 5.75 Å². The van der Waals surface area contributed by atoms with Gasteiger partial charge in [-0.05, 0) is 77.3 Å². The fourth-order valence-corrected chi connectivity index (χ4v) is 5.14. The van der Waals surface area contributed by atoms with Crippen molar-refractivity contribution in [2.45, 2.75) is 13.0 Å². The zero-order valence-corrected chi connectivity index (χ0v) is 22.5. The molecular formula is C31H25BrN2O2S. The molecule has 4 aromatic rings. The van der Waals surface area contributed by atoms with E-state index in [0.717, 1.165) is 33.5 Å². The Hall–Kier alpha value is -3.61. The Labute approximate surface area is 229 Å². The molecule has 0 aliphatic carbocycles. The molecule has 4 nitrogen and oxygen atoms in total. The molecule has 1 amide bonds. The summed E-state index contributed by atoms with van der Waals surface area (Å²) < 4.78 is 6.96. The van der Waals surface area contributed by atoms with Crippen molar-refractivity contribution in [3.63, 3.8) is 0 Å². The highest BCUT2D eigenvalue weighted by molar-refractivity contribution is 9.10. The van der Waals surface area contributed by atoms with E-state index >= 15 is 0 Å². The largest absolute Gasteiger partial charge is 0.489 e. The zero-order valence-electron chi connectivity index (χ0n) is 20.1. The lowest BCUT2D eigenvalue weighted by Gasteiger charge is -2.15. The van der Waals surface area contributed by atoms with E-state index in [0.29, 0.717) is 23.2 Å². The number of amidine groups is 1. The van der Waals surface area contributed by atoms with Crippen LogP contribution in [0.15, 0.2) is 124 Å². The molecule has 0 spiro atoms. The van der Waals surface area contributed by atoms with Crippen LogP contribution in [0.25, 0.3) is 6.08 Å². The van der Waals surface area contributed by atoms with Crippen molar-refractivity contribution >= 4 is 50.5 Å².